The van der Waals surface area contributed by atoms with E-state index in [-0.39, 0.29) is 11.8 Å². The third-order valence-electron chi connectivity index (χ3n) is 6.40. The first-order chi connectivity index (χ1) is 14.7. The number of nitrogens with zero attached hydrogens (tertiary/aromatic N) is 4. The minimum atomic E-state index is -3.56. The minimum Gasteiger partial charge on any atom is -0.373 e. The summed E-state index contributed by atoms with van der Waals surface area (Å²) in [6.45, 7) is 7.38. The molecule has 0 spiro atoms. The van der Waals surface area contributed by atoms with E-state index in [1.807, 2.05) is 27.0 Å². The van der Waals surface area contributed by atoms with Crippen molar-refractivity contribution in [3.63, 3.8) is 0 Å². The second-order valence-electron chi connectivity index (χ2n) is 8.39. The number of anilines is 1. The SMILES string of the molecule is CNc1nc([C@@H]2CCN(S(=O)(=O)c3ccc(C)c(C)c3)C2)nc2c1CCN(C(C)=O)C2. The van der Waals surface area contributed by atoms with Gasteiger partial charge in [-0.3, -0.25) is 4.79 Å². The lowest BCUT2D eigenvalue weighted by Crippen LogP contribution is -2.35. The van der Waals surface area contributed by atoms with E-state index in [4.69, 9.17) is 9.97 Å². The molecular formula is C22H29N5O3S. The molecule has 1 saturated heterocycles. The van der Waals surface area contributed by atoms with Crippen molar-refractivity contribution in [1.29, 1.82) is 0 Å². The molecule has 2 aromatic rings. The number of benzene rings is 1. The summed E-state index contributed by atoms with van der Waals surface area (Å²) >= 11 is 0. The number of sulfonamides is 1. The van der Waals surface area contributed by atoms with Gasteiger partial charge in [-0.1, -0.05) is 6.07 Å². The maximum Gasteiger partial charge on any atom is 0.243 e. The van der Waals surface area contributed by atoms with Crippen LogP contribution in [-0.4, -0.2) is 60.2 Å². The zero-order valence-electron chi connectivity index (χ0n) is 18.5. The Morgan fingerprint density at radius 3 is 2.61 bits per heavy atom. The van der Waals surface area contributed by atoms with Gasteiger partial charge in [0.2, 0.25) is 15.9 Å². The number of carbonyl (C=O) groups excluding carboxylic acids is 1. The Morgan fingerprint density at radius 2 is 1.94 bits per heavy atom. The van der Waals surface area contributed by atoms with Crippen LogP contribution in [0.5, 0.6) is 0 Å². The van der Waals surface area contributed by atoms with Crippen molar-refractivity contribution in [2.45, 2.75) is 51.0 Å². The van der Waals surface area contributed by atoms with E-state index in [0.29, 0.717) is 49.7 Å². The zero-order chi connectivity index (χ0) is 22.3. The highest BCUT2D eigenvalue weighted by atomic mass is 32.2. The summed E-state index contributed by atoms with van der Waals surface area (Å²) in [5.41, 5.74) is 3.93. The first-order valence-corrected chi connectivity index (χ1v) is 12.0. The van der Waals surface area contributed by atoms with Crippen molar-refractivity contribution in [3.05, 3.63) is 46.4 Å². The highest BCUT2D eigenvalue weighted by Gasteiger charge is 2.35. The summed E-state index contributed by atoms with van der Waals surface area (Å²) in [4.78, 5) is 23.5. The summed E-state index contributed by atoms with van der Waals surface area (Å²) in [7, 11) is -1.73. The number of carbonyl (C=O) groups is 1. The topological polar surface area (TPSA) is 95.5 Å². The summed E-state index contributed by atoms with van der Waals surface area (Å²) in [5.74, 6) is 1.37. The Hall–Kier alpha value is -2.52. The van der Waals surface area contributed by atoms with Crippen LogP contribution in [0, 0.1) is 13.8 Å². The van der Waals surface area contributed by atoms with Gasteiger partial charge in [0, 0.05) is 45.1 Å². The molecule has 2 aliphatic rings. The normalized spacial score (nSPS) is 19.4. The summed E-state index contributed by atoms with van der Waals surface area (Å²) in [6, 6.07) is 5.26. The fourth-order valence-electron chi connectivity index (χ4n) is 4.29. The lowest BCUT2D eigenvalue weighted by Gasteiger charge is -2.29. The van der Waals surface area contributed by atoms with Crippen molar-refractivity contribution < 1.29 is 13.2 Å². The van der Waals surface area contributed by atoms with Gasteiger partial charge in [0.1, 0.15) is 11.6 Å². The van der Waals surface area contributed by atoms with E-state index < -0.39 is 10.0 Å². The number of hydrogen-bond donors (Lipinski definition) is 1. The zero-order valence-corrected chi connectivity index (χ0v) is 19.3. The molecule has 3 heterocycles. The number of fused-ring (bicyclic) bond motifs is 1. The van der Waals surface area contributed by atoms with Crippen LogP contribution in [0.3, 0.4) is 0 Å². The Kier molecular flexibility index (Phi) is 5.74. The Balaban J connectivity index is 1.60. The predicted octanol–water partition coefficient (Wildman–Crippen LogP) is 2.22. The van der Waals surface area contributed by atoms with Crippen LogP contribution >= 0.6 is 0 Å². The lowest BCUT2D eigenvalue weighted by molar-refractivity contribution is -0.129. The largest absolute Gasteiger partial charge is 0.373 e. The molecule has 31 heavy (non-hydrogen) atoms. The van der Waals surface area contributed by atoms with Crippen LogP contribution in [0.2, 0.25) is 0 Å². The molecule has 2 aliphatic heterocycles. The number of hydrogen-bond acceptors (Lipinski definition) is 6. The van der Waals surface area contributed by atoms with Gasteiger partial charge in [-0.05, 0) is 49.9 Å². The van der Waals surface area contributed by atoms with Gasteiger partial charge in [0.15, 0.2) is 0 Å². The van der Waals surface area contributed by atoms with E-state index in [9.17, 15) is 13.2 Å². The number of rotatable bonds is 4. The van der Waals surface area contributed by atoms with E-state index in [2.05, 4.69) is 5.32 Å². The van der Waals surface area contributed by atoms with Gasteiger partial charge in [-0.25, -0.2) is 18.4 Å². The van der Waals surface area contributed by atoms with E-state index in [1.165, 1.54) is 4.31 Å². The Labute approximate surface area is 183 Å². The van der Waals surface area contributed by atoms with Crippen molar-refractivity contribution >= 4 is 21.7 Å². The maximum absolute atomic E-state index is 13.2. The van der Waals surface area contributed by atoms with Crippen LogP contribution in [0.25, 0.3) is 0 Å². The van der Waals surface area contributed by atoms with Crippen molar-refractivity contribution in [2.24, 2.45) is 0 Å². The standard InChI is InChI=1S/C22H29N5O3S/c1-14-5-6-18(11-15(14)2)31(29,30)27-10-7-17(12-27)21-24-20-13-26(16(3)28)9-8-19(20)22(23-4)25-21/h5-6,11,17H,7-10,12-13H2,1-4H3,(H,23,24,25)/t17-/m1/s1. The van der Waals surface area contributed by atoms with Gasteiger partial charge < -0.3 is 10.2 Å². The van der Waals surface area contributed by atoms with Crippen molar-refractivity contribution in [1.82, 2.24) is 19.2 Å². The molecule has 8 nitrogen and oxygen atoms in total. The smallest absolute Gasteiger partial charge is 0.243 e. The third kappa shape index (κ3) is 4.04. The third-order valence-corrected chi connectivity index (χ3v) is 8.26. The second-order valence-corrected chi connectivity index (χ2v) is 10.3. The fraction of sp³-hybridized carbons (Fsp3) is 0.500. The van der Waals surface area contributed by atoms with E-state index >= 15 is 0 Å². The summed E-state index contributed by atoms with van der Waals surface area (Å²) in [5, 5.41) is 3.16. The first kappa shape index (κ1) is 21.7. The molecule has 1 aromatic carbocycles. The van der Waals surface area contributed by atoms with Crippen molar-refractivity contribution in [3.8, 4) is 0 Å². The summed E-state index contributed by atoms with van der Waals surface area (Å²) in [6.07, 6.45) is 1.38. The Morgan fingerprint density at radius 1 is 1.16 bits per heavy atom. The van der Waals surface area contributed by atoms with Crippen LogP contribution in [0.15, 0.2) is 23.1 Å². The van der Waals surface area contributed by atoms with Crippen LogP contribution in [-0.2, 0) is 27.8 Å². The average molecular weight is 444 g/mol. The van der Waals surface area contributed by atoms with Crippen LogP contribution in [0.4, 0.5) is 5.82 Å². The highest BCUT2D eigenvalue weighted by molar-refractivity contribution is 7.89. The molecule has 4 rings (SSSR count). The van der Waals surface area contributed by atoms with Gasteiger partial charge in [-0.15, -0.1) is 0 Å². The Bertz CT molecular complexity index is 1130. The number of amides is 1. The van der Waals surface area contributed by atoms with Gasteiger partial charge in [0.05, 0.1) is 17.1 Å². The minimum absolute atomic E-state index is 0.0309. The molecule has 9 heteroatoms. The fourth-order valence-corrected chi connectivity index (χ4v) is 5.87. The maximum atomic E-state index is 13.2. The number of aromatic nitrogens is 2. The number of aryl methyl sites for hydroxylation is 2. The molecule has 0 bridgehead atoms. The molecule has 0 saturated carbocycles. The van der Waals surface area contributed by atoms with Gasteiger partial charge in [-0.2, -0.15) is 4.31 Å². The monoisotopic (exact) mass is 443 g/mol. The molecular weight excluding hydrogens is 414 g/mol. The van der Waals surface area contributed by atoms with Crippen LogP contribution in [0.1, 0.15) is 47.5 Å². The molecule has 1 atom stereocenters. The highest BCUT2D eigenvalue weighted by Crippen LogP contribution is 2.32. The first-order valence-electron chi connectivity index (χ1n) is 10.6. The van der Waals surface area contributed by atoms with Gasteiger partial charge in [0.25, 0.3) is 0 Å². The molecule has 1 aromatic heterocycles. The number of nitrogens with one attached hydrogen (secondary N) is 1. The average Bonchev–Trinajstić information content (AvgIpc) is 3.25. The molecule has 166 valence electrons. The van der Waals surface area contributed by atoms with E-state index in [0.717, 1.165) is 28.2 Å². The molecule has 0 aliphatic carbocycles. The summed E-state index contributed by atoms with van der Waals surface area (Å²) < 4.78 is 27.9. The predicted molar refractivity (Wildman–Crippen MR) is 118 cm³/mol. The lowest BCUT2D eigenvalue weighted by atomic mass is 10.0. The van der Waals surface area contributed by atoms with Gasteiger partial charge >= 0.3 is 0 Å². The molecule has 1 fully saturated rings. The molecule has 1 amide bonds. The molecule has 1 N–H and O–H groups in total. The van der Waals surface area contributed by atoms with E-state index in [1.54, 1.807) is 24.0 Å². The van der Waals surface area contributed by atoms with Crippen molar-refractivity contribution in [2.75, 3.05) is 32.0 Å². The quantitative estimate of drug-likeness (QED) is 0.779. The second kappa shape index (κ2) is 8.20. The van der Waals surface area contributed by atoms with Crippen LogP contribution < -0.4 is 5.32 Å². The molecule has 0 unspecified atom stereocenters. The molecule has 0 radical (unpaired) electrons.